The molecule has 0 aliphatic heterocycles. The molecule has 0 bridgehead atoms. The monoisotopic (exact) mass is 641 g/mol. The maximum absolute atomic E-state index is 13.5. The molecule has 1 aromatic heterocycles. The molecule has 0 fully saturated rings. The number of ether oxygens (including phenoxy) is 1. The van der Waals surface area contributed by atoms with E-state index in [4.69, 9.17) is 10.5 Å². The van der Waals surface area contributed by atoms with E-state index in [2.05, 4.69) is 34.6 Å². The van der Waals surface area contributed by atoms with Gasteiger partial charge in [-0.1, -0.05) is 102 Å². The van der Waals surface area contributed by atoms with Gasteiger partial charge >= 0.3 is 11.9 Å². The highest BCUT2D eigenvalue weighted by Gasteiger charge is 2.35. The second-order valence-corrected chi connectivity index (χ2v) is 13.8. The van der Waals surface area contributed by atoms with E-state index in [9.17, 15) is 14.7 Å². The van der Waals surface area contributed by atoms with Crippen molar-refractivity contribution in [2.45, 2.75) is 105 Å². The number of carbonyl (C=O) groups excluding carboxylic acids is 1. The van der Waals surface area contributed by atoms with Gasteiger partial charge in [0.1, 0.15) is 13.0 Å². The summed E-state index contributed by atoms with van der Waals surface area (Å²) in [7, 11) is 0. The van der Waals surface area contributed by atoms with Crippen LogP contribution in [0.2, 0.25) is 0 Å². The number of fused-ring (bicyclic) bond motifs is 1. The number of pyridine rings is 1. The summed E-state index contributed by atoms with van der Waals surface area (Å²) >= 11 is 0. The average Bonchev–Trinajstić information content (AvgIpc) is 3.03. The number of aromatic nitrogens is 1. The van der Waals surface area contributed by atoms with Crippen molar-refractivity contribution in [1.29, 1.82) is 0 Å². The fourth-order valence-electron chi connectivity index (χ4n) is 6.13. The molecule has 47 heavy (non-hydrogen) atoms. The fourth-order valence-corrected chi connectivity index (χ4v) is 6.13. The van der Waals surface area contributed by atoms with Crippen molar-refractivity contribution in [2.75, 3.05) is 12.3 Å². The molecule has 2 aromatic carbocycles. The first kappa shape index (κ1) is 37.5. The number of nitrogens with zero attached hydrogens (tertiary/aromatic N) is 1. The fraction of sp³-hybridized carbons (Fsp3) is 0.488. The topological polar surface area (TPSA) is 93.5 Å². The number of carboxylic acids is 1. The lowest BCUT2D eigenvalue weighted by molar-refractivity contribution is -0.686. The van der Waals surface area contributed by atoms with Crippen LogP contribution in [0.5, 0.6) is 0 Å². The highest BCUT2D eigenvalue weighted by Crippen LogP contribution is 2.23. The molecule has 3 aromatic rings. The predicted molar refractivity (Wildman–Crippen MR) is 195 cm³/mol. The van der Waals surface area contributed by atoms with Crippen molar-refractivity contribution in [3.63, 3.8) is 0 Å². The van der Waals surface area contributed by atoms with Gasteiger partial charge in [0, 0.05) is 29.3 Å². The molecule has 0 amide bonds. The predicted octanol–water partition coefficient (Wildman–Crippen LogP) is 9.82. The van der Waals surface area contributed by atoms with Gasteiger partial charge in [0.15, 0.2) is 0 Å². The molecule has 3 atom stereocenters. The zero-order chi connectivity index (χ0) is 34.2. The van der Waals surface area contributed by atoms with Gasteiger partial charge in [-0.25, -0.2) is 4.79 Å². The number of carbonyl (C=O) groups is 2. The van der Waals surface area contributed by atoms with Crippen LogP contribution in [0.25, 0.3) is 23.1 Å². The second kappa shape index (κ2) is 19.7. The van der Waals surface area contributed by atoms with E-state index in [0.717, 1.165) is 41.1 Å². The first-order valence-electron chi connectivity index (χ1n) is 17.5. The number of allylic oxidation sites excluding steroid dienone is 1. The summed E-state index contributed by atoms with van der Waals surface area (Å²) in [6.45, 7) is 11.6. The lowest BCUT2D eigenvalue weighted by Gasteiger charge is -2.15. The van der Waals surface area contributed by atoms with Gasteiger partial charge in [0.2, 0.25) is 11.2 Å². The molecule has 0 aliphatic carbocycles. The Labute approximate surface area is 282 Å². The van der Waals surface area contributed by atoms with E-state index in [1.165, 1.54) is 50.5 Å². The summed E-state index contributed by atoms with van der Waals surface area (Å²) in [6, 6.07) is 18.0. The van der Waals surface area contributed by atoms with Crippen molar-refractivity contribution in [3.05, 3.63) is 83.6 Å². The van der Waals surface area contributed by atoms with E-state index in [1.54, 1.807) is 4.57 Å². The molecule has 1 heterocycles. The van der Waals surface area contributed by atoms with Crippen LogP contribution in [-0.4, -0.2) is 23.7 Å². The normalized spacial score (nSPS) is 14.0. The largest absolute Gasteiger partial charge is 0.481 e. The van der Waals surface area contributed by atoms with Crippen LogP contribution in [0.4, 0.5) is 5.69 Å². The van der Waals surface area contributed by atoms with Gasteiger partial charge < -0.3 is 15.6 Å². The Morgan fingerprint density at radius 1 is 0.830 bits per heavy atom. The number of para-hydroxylation sites is 1. The highest BCUT2D eigenvalue weighted by molar-refractivity contribution is 5.82. The molecule has 0 saturated carbocycles. The average molecular weight is 642 g/mol. The summed E-state index contributed by atoms with van der Waals surface area (Å²) in [6.07, 6.45) is 16.6. The van der Waals surface area contributed by atoms with Crippen LogP contribution in [0, 0.1) is 17.8 Å². The number of esters is 1. The van der Waals surface area contributed by atoms with Crippen molar-refractivity contribution < 1.29 is 24.0 Å². The third kappa shape index (κ3) is 13.4. The standard InChI is InChI=1S/C41H56N2O4/c1-30(2)11-8-12-31(3)13-9-14-32(4)15-10-16-33(5)27-28-47-41(46)39(29-40(44)45)43-37(25-21-34-19-23-36(42)24-20-34)26-22-35-17-6-7-18-38(35)43/h6-7,17-27,30-32,39,42H,8-16,28-29H2,1-5H3,(H,44,45)/p+1/b33-27+. The SMILES string of the molecule is C/C(=C\COC(=O)C(CC(=O)O)[n+]1c(/C=C/c2ccc(N)cc2)ccc2ccccc21)CCCC(C)CCCC(C)CCCC(C)C. The number of hydrogen-bond donors (Lipinski definition) is 2. The van der Waals surface area contributed by atoms with Crippen molar-refractivity contribution in [1.82, 2.24) is 0 Å². The van der Waals surface area contributed by atoms with Crippen molar-refractivity contribution >= 4 is 40.7 Å². The minimum atomic E-state index is -1.07. The van der Waals surface area contributed by atoms with Crippen LogP contribution >= 0.6 is 0 Å². The Hall–Kier alpha value is -3.93. The molecule has 254 valence electrons. The summed E-state index contributed by atoms with van der Waals surface area (Å²) in [4.78, 5) is 25.5. The number of aliphatic carboxylic acids is 1. The number of nitrogens with two attached hydrogens (primary N) is 1. The quantitative estimate of drug-likeness (QED) is 0.0554. The van der Waals surface area contributed by atoms with Crippen LogP contribution in [-0.2, 0) is 14.3 Å². The van der Waals surface area contributed by atoms with E-state index >= 15 is 0 Å². The molecule has 3 unspecified atom stereocenters. The Kier molecular flexibility index (Phi) is 15.7. The van der Waals surface area contributed by atoms with E-state index in [1.807, 2.05) is 78.9 Å². The molecule has 0 radical (unpaired) electrons. The van der Waals surface area contributed by atoms with E-state index < -0.39 is 24.4 Å². The zero-order valence-corrected chi connectivity index (χ0v) is 29.3. The number of carboxylic acid groups (broad SMARTS) is 1. The molecule has 6 nitrogen and oxygen atoms in total. The minimum absolute atomic E-state index is 0.118. The molecule has 0 spiro atoms. The summed E-state index contributed by atoms with van der Waals surface area (Å²) in [5.74, 6) is 0.702. The first-order chi connectivity index (χ1) is 22.5. The van der Waals surface area contributed by atoms with Gasteiger partial charge in [-0.2, -0.15) is 4.57 Å². The molecule has 3 N–H and O–H groups in total. The summed E-state index contributed by atoms with van der Waals surface area (Å²) in [5.41, 5.74) is 10.1. The van der Waals surface area contributed by atoms with Crippen molar-refractivity contribution in [3.8, 4) is 0 Å². The van der Waals surface area contributed by atoms with E-state index in [0.29, 0.717) is 17.3 Å². The van der Waals surface area contributed by atoms with Crippen LogP contribution in [0.15, 0.2) is 72.3 Å². The lowest BCUT2D eigenvalue weighted by Crippen LogP contribution is -2.48. The molecule has 6 heteroatoms. The third-order valence-corrected chi connectivity index (χ3v) is 9.04. The zero-order valence-electron chi connectivity index (χ0n) is 29.3. The number of anilines is 1. The summed E-state index contributed by atoms with van der Waals surface area (Å²) in [5, 5.41) is 10.7. The summed E-state index contributed by atoms with van der Waals surface area (Å²) < 4.78 is 7.50. The maximum Gasteiger partial charge on any atom is 0.376 e. The van der Waals surface area contributed by atoms with Crippen LogP contribution in [0.3, 0.4) is 0 Å². The van der Waals surface area contributed by atoms with Crippen LogP contribution < -0.4 is 10.3 Å². The molecule has 0 saturated heterocycles. The van der Waals surface area contributed by atoms with Gasteiger partial charge in [-0.3, -0.25) is 4.79 Å². The Morgan fingerprint density at radius 3 is 2.13 bits per heavy atom. The molecular weight excluding hydrogens is 584 g/mol. The third-order valence-electron chi connectivity index (χ3n) is 9.04. The van der Waals surface area contributed by atoms with E-state index in [-0.39, 0.29) is 6.61 Å². The van der Waals surface area contributed by atoms with Crippen LogP contribution in [0.1, 0.15) is 116 Å². The number of rotatable bonds is 20. The smallest absolute Gasteiger partial charge is 0.376 e. The Balaban J connectivity index is 1.59. The Morgan fingerprint density at radius 2 is 1.47 bits per heavy atom. The number of nitrogen functional groups attached to an aromatic ring is 1. The van der Waals surface area contributed by atoms with Gasteiger partial charge in [-0.05, 0) is 79.5 Å². The molecule has 0 aliphatic rings. The first-order valence-corrected chi connectivity index (χ1v) is 17.5. The lowest BCUT2D eigenvalue weighted by atomic mass is 9.91. The Bertz CT molecular complexity index is 1470. The van der Waals surface area contributed by atoms with Gasteiger partial charge in [0.25, 0.3) is 6.04 Å². The van der Waals surface area contributed by atoms with Gasteiger partial charge in [0.05, 0.1) is 0 Å². The number of hydrogen-bond acceptors (Lipinski definition) is 4. The van der Waals surface area contributed by atoms with Crippen molar-refractivity contribution in [2.24, 2.45) is 17.8 Å². The highest BCUT2D eigenvalue weighted by atomic mass is 16.5. The minimum Gasteiger partial charge on any atom is -0.481 e. The second-order valence-electron chi connectivity index (χ2n) is 13.8. The molecular formula is C41H57N2O4+. The molecule has 3 rings (SSSR count). The maximum atomic E-state index is 13.5. The number of benzene rings is 2. The van der Waals surface area contributed by atoms with Gasteiger partial charge in [-0.15, -0.1) is 0 Å².